The minimum absolute atomic E-state index is 0.0825. The van der Waals surface area contributed by atoms with E-state index in [4.69, 9.17) is 0 Å². The lowest BCUT2D eigenvalue weighted by atomic mass is 9.82. The molecule has 1 aromatic carbocycles. The van der Waals surface area contributed by atoms with E-state index in [1.54, 1.807) is 12.1 Å². The van der Waals surface area contributed by atoms with Crippen LogP contribution in [0.4, 0.5) is 4.39 Å². The maximum absolute atomic E-state index is 13.6. The summed E-state index contributed by atoms with van der Waals surface area (Å²) < 4.78 is 13.6. The Balaban J connectivity index is 2.45. The molecule has 0 aliphatic heterocycles. The molecule has 0 bridgehead atoms. The first-order valence-corrected chi connectivity index (χ1v) is 5.05. The maximum Gasteiger partial charge on any atom is 0.127 e. The largest absolute Gasteiger partial charge is 0.207 e. The zero-order chi connectivity index (χ0) is 10.2. The van der Waals surface area contributed by atoms with E-state index in [1.165, 1.54) is 5.57 Å². The van der Waals surface area contributed by atoms with Crippen molar-refractivity contribution in [1.82, 2.24) is 0 Å². The summed E-state index contributed by atoms with van der Waals surface area (Å²) in [5, 5.41) is 0. The summed E-state index contributed by atoms with van der Waals surface area (Å²) in [6.45, 7) is 4.23. The van der Waals surface area contributed by atoms with E-state index < -0.39 is 0 Å². The predicted octanol–water partition coefficient (Wildman–Crippen LogP) is 3.82. The lowest BCUT2D eigenvalue weighted by Crippen LogP contribution is -2.17. The van der Waals surface area contributed by atoms with Crippen molar-refractivity contribution in [3.05, 3.63) is 47.3 Å². The molecule has 0 heterocycles. The minimum Gasteiger partial charge on any atom is -0.207 e. The first kappa shape index (κ1) is 9.45. The molecule has 0 spiro atoms. The summed E-state index contributed by atoms with van der Waals surface area (Å²) >= 11 is 0. The van der Waals surface area contributed by atoms with Gasteiger partial charge in [-0.2, -0.15) is 0 Å². The Hall–Kier alpha value is -1.11. The Morgan fingerprint density at radius 3 is 2.57 bits per heavy atom. The first-order chi connectivity index (χ1) is 6.62. The maximum atomic E-state index is 13.6. The van der Waals surface area contributed by atoms with Crippen molar-refractivity contribution in [3.8, 4) is 0 Å². The van der Waals surface area contributed by atoms with Gasteiger partial charge in [0.25, 0.3) is 0 Å². The highest BCUT2D eigenvalue weighted by atomic mass is 19.1. The molecule has 0 fully saturated rings. The Morgan fingerprint density at radius 2 is 2.00 bits per heavy atom. The van der Waals surface area contributed by atoms with Crippen molar-refractivity contribution in [2.75, 3.05) is 0 Å². The molecule has 2 rings (SSSR count). The Labute approximate surface area is 84.5 Å². The molecule has 0 unspecified atom stereocenters. The van der Waals surface area contributed by atoms with Gasteiger partial charge in [-0.15, -0.1) is 0 Å². The van der Waals surface area contributed by atoms with Crippen LogP contribution in [-0.2, 0) is 5.41 Å². The van der Waals surface area contributed by atoms with E-state index in [1.807, 2.05) is 12.1 Å². The van der Waals surface area contributed by atoms with Gasteiger partial charge in [0, 0.05) is 5.41 Å². The molecule has 0 saturated carbocycles. The highest BCUT2D eigenvalue weighted by Crippen LogP contribution is 2.39. The first-order valence-electron chi connectivity index (χ1n) is 5.05. The summed E-state index contributed by atoms with van der Waals surface area (Å²) in [6.07, 6.45) is 4.32. The third-order valence-corrected chi connectivity index (χ3v) is 3.09. The minimum atomic E-state index is -0.0879. The van der Waals surface area contributed by atoms with E-state index in [0.29, 0.717) is 0 Å². The van der Waals surface area contributed by atoms with Crippen LogP contribution in [0, 0.1) is 5.82 Å². The van der Waals surface area contributed by atoms with Gasteiger partial charge in [-0.25, -0.2) is 4.39 Å². The van der Waals surface area contributed by atoms with Crippen LogP contribution in [0.2, 0.25) is 0 Å². The molecule has 0 saturated heterocycles. The number of hydrogen-bond donors (Lipinski definition) is 0. The van der Waals surface area contributed by atoms with Gasteiger partial charge in [0.15, 0.2) is 0 Å². The zero-order valence-corrected chi connectivity index (χ0v) is 8.68. The number of allylic oxidation sites excluding steroid dienone is 2. The lowest BCUT2D eigenvalue weighted by Gasteiger charge is -2.22. The average Bonchev–Trinajstić information content (AvgIpc) is 2.48. The summed E-state index contributed by atoms with van der Waals surface area (Å²) in [6, 6.07) is 7.09. The van der Waals surface area contributed by atoms with E-state index in [2.05, 4.69) is 19.9 Å². The van der Waals surface area contributed by atoms with Crippen LogP contribution >= 0.6 is 0 Å². The van der Waals surface area contributed by atoms with Gasteiger partial charge in [-0.05, 0) is 31.4 Å². The van der Waals surface area contributed by atoms with Crippen LogP contribution < -0.4 is 0 Å². The van der Waals surface area contributed by atoms with E-state index in [0.717, 1.165) is 18.4 Å². The molecule has 0 amide bonds. The molecule has 14 heavy (non-hydrogen) atoms. The van der Waals surface area contributed by atoms with Crippen molar-refractivity contribution < 1.29 is 4.39 Å². The Morgan fingerprint density at radius 1 is 1.29 bits per heavy atom. The third kappa shape index (κ3) is 1.47. The fourth-order valence-electron chi connectivity index (χ4n) is 2.28. The summed E-state index contributed by atoms with van der Waals surface area (Å²) in [4.78, 5) is 0. The summed E-state index contributed by atoms with van der Waals surface area (Å²) in [5.74, 6) is -0.0825. The molecule has 1 atom stereocenters. The van der Waals surface area contributed by atoms with Crippen LogP contribution in [-0.4, -0.2) is 0 Å². The van der Waals surface area contributed by atoms with E-state index >= 15 is 0 Å². The standard InChI is InChI=1S/C13H15F/c1-10-7-8-13(2,9-10)11-5-3-4-6-12(11)14/h3-6,9H,7-8H2,1-2H3/t13-/m1/s1. The molecule has 74 valence electrons. The molecule has 1 aliphatic carbocycles. The number of hydrogen-bond acceptors (Lipinski definition) is 0. The van der Waals surface area contributed by atoms with Crippen LogP contribution in [0.15, 0.2) is 35.9 Å². The number of rotatable bonds is 1. The van der Waals surface area contributed by atoms with Crippen LogP contribution in [0.1, 0.15) is 32.3 Å². The molecule has 1 heteroatoms. The monoisotopic (exact) mass is 190 g/mol. The number of halogens is 1. The van der Waals surface area contributed by atoms with Gasteiger partial charge in [-0.3, -0.25) is 0 Å². The quantitative estimate of drug-likeness (QED) is 0.590. The zero-order valence-electron chi connectivity index (χ0n) is 8.68. The van der Waals surface area contributed by atoms with Gasteiger partial charge in [0.05, 0.1) is 0 Å². The molecular formula is C13H15F. The second-order valence-corrected chi connectivity index (χ2v) is 4.39. The highest BCUT2D eigenvalue weighted by Gasteiger charge is 2.30. The van der Waals surface area contributed by atoms with E-state index in [-0.39, 0.29) is 11.2 Å². The molecule has 0 nitrogen and oxygen atoms in total. The fourth-order valence-corrected chi connectivity index (χ4v) is 2.28. The normalized spacial score (nSPS) is 26.4. The molecule has 0 aromatic heterocycles. The Bertz CT molecular complexity index is 379. The summed E-state index contributed by atoms with van der Waals surface area (Å²) in [5.41, 5.74) is 2.11. The van der Waals surface area contributed by atoms with Crippen LogP contribution in [0.5, 0.6) is 0 Å². The van der Waals surface area contributed by atoms with Crippen LogP contribution in [0.3, 0.4) is 0 Å². The van der Waals surface area contributed by atoms with Crippen molar-refractivity contribution in [2.45, 2.75) is 32.1 Å². The van der Waals surface area contributed by atoms with E-state index in [9.17, 15) is 4.39 Å². The molecule has 0 N–H and O–H groups in total. The second-order valence-electron chi connectivity index (χ2n) is 4.39. The third-order valence-electron chi connectivity index (χ3n) is 3.09. The van der Waals surface area contributed by atoms with Gasteiger partial charge >= 0.3 is 0 Å². The van der Waals surface area contributed by atoms with Gasteiger partial charge in [0.2, 0.25) is 0 Å². The predicted molar refractivity (Wildman–Crippen MR) is 56.7 cm³/mol. The molecule has 0 radical (unpaired) electrons. The van der Waals surface area contributed by atoms with Crippen molar-refractivity contribution in [2.24, 2.45) is 0 Å². The van der Waals surface area contributed by atoms with Crippen LogP contribution in [0.25, 0.3) is 0 Å². The second kappa shape index (κ2) is 3.23. The van der Waals surface area contributed by atoms with Gasteiger partial charge in [0.1, 0.15) is 5.82 Å². The van der Waals surface area contributed by atoms with Gasteiger partial charge < -0.3 is 0 Å². The van der Waals surface area contributed by atoms with Crippen molar-refractivity contribution in [3.63, 3.8) is 0 Å². The summed E-state index contributed by atoms with van der Waals surface area (Å²) in [7, 11) is 0. The smallest absolute Gasteiger partial charge is 0.127 e. The van der Waals surface area contributed by atoms with Gasteiger partial charge in [-0.1, -0.05) is 36.8 Å². The molecule has 1 aromatic rings. The van der Waals surface area contributed by atoms with Crippen molar-refractivity contribution >= 4 is 0 Å². The fraction of sp³-hybridized carbons (Fsp3) is 0.385. The van der Waals surface area contributed by atoms with Crippen molar-refractivity contribution in [1.29, 1.82) is 0 Å². The number of benzene rings is 1. The molecular weight excluding hydrogens is 175 g/mol. The lowest BCUT2D eigenvalue weighted by molar-refractivity contribution is 0.520. The topological polar surface area (TPSA) is 0 Å². The average molecular weight is 190 g/mol. The molecule has 1 aliphatic rings. The Kier molecular flexibility index (Phi) is 2.18. The highest BCUT2D eigenvalue weighted by molar-refractivity contribution is 5.35. The SMILES string of the molecule is CC1=C[C@](C)(c2ccccc2F)CC1.